The number of nitro benzene ring substituents is 1. The highest BCUT2D eigenvalue weighted by Gasteiger charge is 2.17. The minimum atomic E-state index is -0.564. The predicted molar refractivity (Wildman–Crippen MR) is 138 cm³/mol. The summed E-state index contributed by atoms with van der Waals surface area (Å²) in [5, 5.41) is 15.7. The first-order chi connectivity index (χ1) is 17.9. The van der Waals surface area contributed by atoms with Crippen molar-refractivity contribution in [3.8, 4) is 5.69 Å². The van der Waals surface area contributed by atoms with Crippen LogP contribution in [0.4, 0.5) is 5.69 Å². The summed E-state index contributed by atoms with van der Waals surface area (Å²) in [6.45, 7) is 0.339. The maximum absolute atomic E-state index is 13.5. The summed E-state index contributed by atoms with van der Waals surface area (Å²) in [4.78, 5) is 49.7. The van der Waals surface area contributed by atoms with Gasteiger partial charge in [-0.1, -0.05) is 24.3 Å². The number of carbonyl (C=O) groups is 1. The van der Waals surface area contributed by atoms with Crippen molar-refractivity contribution in [2.75, 3.05) is 0 Å². The highest BCUT2D eigenvalue weighted by atomic mass is 32.1. The van der Waals surface area contributed by atoms with Gasteiger partial charge < -0.3 is 9.73 Å². The zero-order valence-electron chi connectivity index (χ0n) is 19.3. The molecule has 0 bridgehead atoms. The number of nitrogens with one attached hydrogen (secondary N) is 1. The van der Waals surface area contributed by atoms with Gasteiger partial charge in [0, 0.05) is 12.1 Å². The van der Waals surface area contributed by atoms with Crippen LogP contribution in [0.3, 0.4) is 0 Å². The summed E-state index contributed by atoms with van der Waals surface area (Å²) in [5.41, 5.74) is 1.00. The highest BCUT2D eigenvalue weighted by molar-refractivity contribution is 7.17. The SMILES string of the molecule is O=C(Cc1ccc(-n2c(=O)c3sccc3n(Cc3cccc([N+](=O)[O-])c3)c2=O)cc1)NCc1ccco1. The van der Waals surface area contributed by atoms with Gasteiger partial charge in [-0.2, -0.15) is 0 Å². The maximum Gasteiger partial charge on any atom is 0.336 e. The molecule has 10 nitrogen and oxygen atoms in total. The molecule has 11 heteroatoms. The van der Waals surface area contributed by atoms with E-state index in [0.29, 0.717) is 32.8 Å². The molecule has 5 aromatic rings. The van der Waals surface area contributed by atoms with E-state index in [9.17, 15) is 24.5 Å². The van der Waals surface area contributed by atoms with Crippen LogP contribution >= 0.6 is 11.3 Å². The topological polar surface area (TPSA) is 129 Å². The zero-order valence-corrected chi connectivity index (χ0v) is 20.1. The minimum absolute atomic E-state index is 0.0575. The first-order valence-electron chi connectivity index (χ1n) is 11.3. The third-order valence-corrected chi connectivity index (χ3v) is 6.71. The van der Waals surface area contributed by atoms with Crippen molar-refractivity contribution in [2.24, 2.45) is 0 Å². The summed E-state index contributed by atoms with van der Waals surface area (Å²) in [5.74, 6) is 0.453. The van der Waals surface area contributed by atoms with E-state index < -0.39 is 16.2 Å². The van der Waals surface area contributed by atoms with Crippen LogP contribution in [0.5, 0.6) is 0 Å². The Morgan fingerprint density at radius 2 is 1.84 bits per heavy atom. The molecule has 3 aromatic heterocycles. The first kappa shape index (κ1) is 23.9. The largest absolute Gasteiger partial charge is 0.467 e. The number of carbonyl (C=O) groups excluding carboxylic acids is 1. The van der Waals surface area contributed by atoms with Gasteiger partial charge in [0.15, 0.2) is 0 Å². The van der Waals surface area contributed by atoms with Gasteiger partial charge in [0.2, 0.25) is 5.91 Å². The van der Waals surface area contributed by atoms with E-state index in [4.69, 9.17) is 4.42 Å². The number of rotatable bonds is 8. The van der Waals surface area contributed by atoms with E-state index in [0.717, 1.165) is 4.57 Å². The molecule has 0 fully saturated rings. The summed E-state index contributed by atoms with van der Waals surface area (Å²) in [7, 11) is 0. The van der Waals surface area contributed by atoms with Crippen molar-refractivity contribution >= 4 is 33.1 Å². The fourth-order valence-electron chi connectivity index (χ4n) is 4.03. The number of nitrogens with zero attached hydrogens (tertiary/aromatic N) is 3. The third kappa shape index (κ3) is 4.98. The molecule has 186 valence electrons. The molecule has 0 aliphatic rings. The average molecular weight is 517 g/mol. The zero-order chi connectivity index (χ0) is 25.9. The standard InChI is InChI=1S/C26H20N4O6S/c31-23(27-15-21-5-2-11-36-21)14-17-6-8-19(9-7-17)29-25(32)24-22(10-12-37-24)28(26(29)33)16-18-3-1-4-20(13-18)30(34)35/h1-13H,14-16H2,(H,27,31). The number of fused-ring (bicyclic) bond motifs is 1. The van der Waals surface area contributed by atoms with Crippen LogP contribution in [0.25, 0.3) is 15.9 Å². The lowest BCUT2D eigenvalue weighted by Crippen LogP contribution is -2.38. The Bertz CT molecular complexity index is 1710. The van der Waals surface area contributed by atoms with Gasteiger partial charge >= 0.3 is 5.69 Å². The molecular formula is C26H20N4O6S. The number of hydrogen-bond acceptors (Lipinski definition) is 7. The normalized spacial score (nSPS) is 11.0. The van der Waals surface area contributed by atoms with Gasteiger partial charge in [-0.15, -0.1) is 11.3 Å². The Labute approximate surface area is 213 Å². The average Bonchev–Trinajstić information content (AvgIpc) is 3.59. The number of non-ortho nitro benzene ring substituents is 1. The molecule has 37 heavy (non-hydrogen) atoms. The molecule has 2 aromatic carbocycles. The van der Waals surface area contributed by atoms with Crippen LogP contribution in [0.1, 0.15) is 16.9 Å². The van der Waals surface area contributed by atoms with E-state index in [1.807, 2.05) is 0 Å². The second kappa shape index (κ2) is 10.1. The smallest absolute Gasteiger partial charge is 0.336 e. The van der Waals surface area contributed by atoms with E-state index in [2.05, 4.69) is 5.32 Å². The van der Waals surface area contributed by atoms with Crippen molar-refractivity contribution in [2.45, 2.75) is 19.5 Å². The molecule has 3 heterocycles. The van der Waals surface area contributed by atoms with Crippen LogP contribution < -0.4 is 16.6 Å². The van der Waals surface area contributed by atoms with Crippen LogP contribution in [0.2, 0.25) is 0 Å². The van der Waals surface area contributed by atoms with Crippen LogP contribution in [0.15, 0.2) is 92.4 Å². The molecule has 0 aliphatic carbocycles. The molecule has 0 atom stereocenters. The molecule has 5 rings (SSSR count). The number of thiophene rings is 1. The van der Waals surface area contributed by atoms with Gasteiger partial charge in [0.05, 0.1) is 41.9 Å². The Kier molecular flexibility index (Phi) is 6.52. The van der Waals surface area contributed by atoms with Gasteiger partial charge in [0.25, 0.3) is 11.2 Å². The van der Waals surface area contributed by atoms with Gasteiger partial charge in [0.1, 0.15) is 10.5 Å². The van der Waals surface area contributed by atoms with E-state index in [1.165, 1.54) is 34.3 Å². The fourth-order valence-corrected chi connectivity index (χ4v) is 4.85. The van der Waals surface area contributed by atoms with E-state index in [1.54, 1.807) is 60.0 Å². The van der Waals surface area contributed by atoms with Crippen molar-refractivity contribution < 1.29 is 14.1 Å². The molecule has 0 radical (unpaired) electrons. The third-order valence-electron chi connectivity index (χ3n) is 5.82. The number of furan rings is 1. The molecule has 0 unspecified atom stereocenters. The Hall–Kier alpha value is -4.77. The molecule has 0 saturated heterocycles. The highest BCUT2D eigenvalue weighted by Crippen LogP contribution is 2.19. The minimum Gasteiger partial charge on any atom is -0.467 e. The Morgan fingerprint density at radius 3 is 2.57 bits per heavy atom. The van der Waals surface area contributed by atoms with Crippen molar-refractivity contribution in [3.05, 3.63) is 126 Å². The van der Waals surface area contributed by atoms with Crippen molar-refractivity contribution in [3.63, 3.8) is 0 Å². The summed E-state index contributed by atoms with van der Waals surface area (Å²) in [6, 6.07) is 17.9. The van der Waals surface area contributed by atoms with Gasteiger partial charge in [-0.05, 0) is 46.8 Å². The monoisotopic (exact) mass is 516 g/mol. The number of benzene rings is 2. The first-order valence-corrected chi connectivity index (χ1v) is 12.1. The quantitative estimate of drug-likeness (QED) is 0.248. The van der Waals surface area contributed by atoms with Gasteiger partial charge in [-0.3, -0.25) is 24.3 Å². The second-order valence-corrected chi connectivity index (χ2v) is 9.19. The number of hydrogen-bond donors (Lipinski definition) is 1. The lowest BCUT2D eigenvalue weighted by molar-refractivity contribution is -0.384. The Morgan fingerprint density at radius 1 is 1.03 bits per heavy atom. The maximum atomic E-state index is 13.5. The van der Waals surface area contributed by atoms with Crippen molar-refractivity contribution in [1.82, 2.24) is 14.5 Å². The number of nitro groups is 1. The molecule has 0 aliphatic heterocycles. The van der Waals surface area contributed by atoms with E-state index in [-0.39, 0.29) is 31.1 Å². The summed E-state index contributed by atoms with van der Waals surface area (Å²) >= 11 is 1.22. The van der Waals surface area contributed by atoms with Crippen LogP contribution in [-0.4, -0.2) is 20.0 Å². The molecule has 1 amide bonds. The number of aromatic nitrogens is 2. The molecule has 0 saturated carbocycles. The molecule has 0 spiro atoms. The van der Waals surface area contributed by atoms with Crippen molar-refractivity contribution in [1.29, 1.82) is 0 Å². The predicted octanol–water partition coefficient (Wildman–Crippen LogP) is 3.62. The Balaban J connectivity index is 1.44. The number of amides is 1. The van der Waals surface area contributed by atoms with Crippen LogP contribution in [0, 0.1) is 10.1 Å². The van der Waals surface area contributed by atoms with Gasteiger partial charge in [-0.25, -0.2) is 9.36 Å². The fraction of sp³-hybridized carbons (Fsp3) is 0.115. The van der Waals surface area contributed by atoms with Crippen LogP contribution in [-0.2, 0) is 24.3 Å². The van der Waals surface area contributed by atoms with E-state index >= 15 is 0 Å². The second-order valence-electron chi connectivity index (χ2n) is 8.27. The molecule has 1 N–H and O–H groups in total. The summed E-state index contributed by atoms with van der Waals surface area (Å²) in [6.07, 6.45) is 1.66. The lowest BCUT2D eigenvalue weighted by atomic mass is 10.1. The summed E-state index contributed by atoms with van der Waals surface area (Å²) < 4.78 is 8.11. The molecular weight excluding hydrogens is 496 g/mol. The lowest BCUT2D eigenvalue weighted by Gasteiger charge is -2.13.